The molecule has 0 rings (SSSR count). The Morgan fingerprint density at radius 2 is 0.889 bits per heavy atom. The molecule has 0 spiro atoms. The third-order valence-corrected chi connectivity index (χ3v) is 2.87. The molecule has 0 aromatic heterocycles. The molecule has 0 aliphatic heterocycles. The average Bonchev–Trinajstić information content (AvgIpc) is 2.29. The molecule has 18 heavy (non-hydrogen) atoms. The number of nitrogens with one attached hydrogen (secondary N) is 2. The fourth-order valence-corrected chi connectivity index (χ4v) is 1.79. The molecule has 0 amide bonds. The molecule has 0 aromatic carbocycles. The van der Waals surface area contributed by atoms with Gasteiger partial charge in [-0.3, -0.25) is 0 Å². The summed E-state index contributed by atoms with van der Waals surface area (Å²) in [6, 6.07) is 0. The molecular weight excluding hydrogens is 224 g/mol. The van der Waals surface area contributed by atoms with Crippen LogP contribution >= 0.6 is 0 Å². The van der Waals surface area contributed by atoms with Crippen LogP contribution in [0.1, 0.15) is 25.7 Å². The monoisotopic (exact) mass is 258 g/mol. The van der Waals surface area contributed by atoms with Gasteiger partial charge in [0.05, 0.1) is 0 Å². The second-order valence-electron chi connectivity index (χ2n) is 5.52. The van der Waals surface area contributed by atoms with Crippen LogP contribution in [0.15, 0.2) is 0 Å². The van der Waals surface area contributed by atoms with Crippen LogP contribution in [0, 0.1) is 0 Å². The summed E-state index contributed by atoms with van der Waals surface area (Å²) in [5, 5.41) is 6.99. The minimum absolute atomic E-state index is 1.15. The van der Waals surface area contributed by atoms with Crippen molar-refractivity contribution in [3.05, 3.63) is 0 Å². The van der Waals surface area contributed by atoms with Crippen LogP contribution in [0.2, 0.25) is 0 Å². The molecule has 2 N–H and O–H groups in total. The Hall–Kier alpha value is -0.160. The van der Waals surface area contributed by atoms with Crippen molar-refractivity contribution in [2.45, 2.75) is 25.7 Å². The zero-order valence-corrected chi connectivity index (χ0v) is 13.0. The first-order chi connectivity index (χ1) is 8.63. The lowest BCUT2D eigenvalue weighted by molar-refractivity contribution is 0.391. The molecule has 0 radical (unpaired) electrons. The van der Waals surface area contributed by atoms with E-state index in [2.05, 4.69) is 48.6 Å². The summed E-state index contributed by atoms with van der Waals surface area (Å²) in [4.78, 5) is 4.47. The molecule has 0 heterocycles. The second kappa shape index (κ2) is 13.3. The summed E-state index contributed by atoms with van der Waals surface area (Å²) < 4.78 is 0. The molecule has 0 aromatic rings. The van der Waals surface area contributed by atoms with E-state index in [1.807, 2.05) is 0 Å². The van der Waals surface area contributed by atoms with Gasteiger partial charge >= 0.3 is 0 Å². The Kier molecular flexibility index (Phi) is 13.2. The number of hydrogen-bond donors (Lipinski definition) is 2. The van der Waals surface area contributed by atoms with Crippen molar-refractivity contribution in [1.29, 1.82) is 0 Å². The SMILES string of the molecule is CN(C)CCCNCCCCNCCCN(C)C. The number of unbranched alkanes of at least 4 members (excludes halogenated alkanes) is 1. The van der Waals surface area contributed by atoms with Crippen molar-refractivity contribution in [2.75, 3.05) is 67.5 Å². The van der Waals surface area contributed by atoms with Gasteiger partial charge in [-0.25, -0.2) is 0 Å². The molecular formula is C14H34N4. The first-order valence-electron chi connectivity index (χ1n) is 7.34. The van der Waals surface area contributed by atoms with Gasteiger partial charge in [0.1, 0.15) is 0 Å². The molecule has 0 bridgehead atoms. The van der Waals surface area contributed by atoms with Gasteiger partial charge in [-0.15, -0.1) is 0 Å². The van der Waals surface area contributed by atoms with Crippen molar-refractivity contribution >= 4 is 0 Å². The van der Waals surface area contributed by atoms with Crippen LogP contribution < -0.4 is 10.6 Å². The minimum Gasteiger partial charge on any atom is -0.317 e. The molecule has 0 aliphatic rings. The highest BCUT2D eigenvalue weighted by molar-refractivity contribution is 4.54. The lowest BCUT2D eigenvalue weighted by Gasteiger charge is -2.10. The van der Waals surface area contributed by atoms with Crippen LogP contribution in [0.4, 0.5) is 0 Å². The van der Waals surface area contributed by atoms with Crippen LogP contribution in [0.3, 0.4) is 0 Å². The quantitative estimate of drug-likeness (QED) is 0.480. The summed E-state index contributed by atoms with van der Waals surface area (Å²) in [7, 11) is 8.51. The van der Waals surface area contributed by atoms with Crippen LogP contribution in [-0.4, -0.2) is 77.3 Å². The van der Waals surface area contributed by atoms with Gasteiger partial charge in [-0.1, -0.05) is 0 Å². The van der Waals surface area contributed by atoms with E-state index in [9.17, 15) is 0 Å². The van der Waals surface area contributed by atoms with Crippen molar-refractivity contribution in [1.82, 2.24) is 20.4 Å². The number of hydrogen-bond acceptors (Lipinski definition) is 4. The molecule has 110 valence electrons. The lowest BCUT2D eigenvalue weighted by atomic mass is 10.3. The zero-order chi connectivity index (χ0) is 13.6. The normalized spacial score (nSPS) is 11.7. The van der Waals surface area contributed by atoms with E-state index in [4.69, 9.17) is 0 Å². The minimum atomic E-state index is 1.15. The van der Waals surface area contributed by atoms with E-state index in [-0.39, 0.29) is 0 Å². The molecule has 4 nitrogen and oxygen atoms in total. The predicted molar refractivity (Wildman–Crippen MR) is 81.3 cm³/mol. The van der Waals surface area contributed by atoms with Crippen molar-refractivity contribution < 1.29 is 0 Å². The first-order valence-corrected chi connectivity index (χ1v) is 7.34. The van der Waals surface area contributed by atoms with Gasteiger partial charge in [0.15, 0.2) is 0 Å². The Morgan fingerprint density at radius 3 is 1.22 bits per heavy atom. The smallest absolute Gasteiger partial charge is 0.00127 e. The number of nitrogens with zero attached hydrogens (tertiary/aromatic N) is 2. The zero-order valence-electron chi connectivity index (χ0n) is 13.0. The Labute approximate surface area is 114 Å². The van der Waals surface area contributed by atoms with Gasteiger partial charge in [0.2, 0.25) is 0 Å². The Bertz CT molecular complexity index is 142. The standard InChI is InChI=1S/C14H34N4/c1-17(2)13-7-11-15-9-5-6-10-16-12-8-14-18(3)4/h15-16H,5-14H2,1-4H3. The number of rotatable bonds is 13. The maximum Gasteiger partial charge on any atom is -0.00127 e. The molecule has 0 saturated heterocycles. The predicted octanol–water partition coefficient (Wildman–Crippen LogP) is 0.849. The van der Waals surface area contributed by atoms with Crippen LogP contribution in [0.25, 0.3) is 0 Å². The highest BCUT2D eigenvalue weighted by Crippen LogP contribution is 1.87. The highest BCUT2D eigenvalue weighted by atomic mass is 15.1. The Morgan fingerprint density at radius 1 is 0.556 bits per heavy atom. The van der Waals surface area contributed by atoms with Crippen LogP contribution in [0.5, 0.6) is 0 Å². The molecule has 0 unspecified atom stereocenters. The highest BCUT2D eigenvalue weighted by Gasteiger charge is 1.93. The van der Waals surface area contributed by atoms with Gasteiger partial charge in [0, 0.05) is 0 Å². The van der Waals surface area contributed by atoms with E-state index >= 15 is 0 Å². The van der Waals surface area contributed by atoms with Gasteiger partial charge in [-0.2, -0.15) is 0 Å². The fourth-order valence-electron chi connectivity index (χ4n) is 1.79. The first kappa shape index (κ1) is 17.8. The van der Waals surface area contributed by atoms with Gasteiger partial charge in [-0.05, 0) is 93.1 Å². The molecule has 4 heteroatoms. The topological polar surface area (TPSA) is 30.5 Å². The summed E-state index contributed by atoms with van der Waals surface area (Å²) >= 11 is 0. The average molecular weight is 258 g/mol. The van der Waals surface area contributed by atoms with E-state index in [0.717, 1.165) is 26.2 Å². The summed E-state index contributed by atoms with van der Waals surface area (Å²) in [6.45, 7) is 6.98. The molecule has 0 atom stereocenters. The van der Waals surface area contributed by atoms with Crippen molar-refractivity contribution in [3.8, 4) is 0 Å². The second-order valence-corrected chi connectivity index (χ2v) is 5.52. The van der Waals surface area contributed by atoms with E-state index in [0.29, 0.717) is 0 Å². The molecule has 0 saturated carbocycles. The summed E-state index contributed by atoms with van der Waals surface area (Å²) in [5.74, 6) is 0. The summed E-state index contributed by atoms with van der Waals surface area (Å²) in [6.07, 6.45) is 5.05. The van der Waals surface area contributed by atoms with E-state index in [1.165, 1.54) is 38.8 Å². The Balaban J connectivity index is 2.95. The van der Waals surface area contributed by atoms with Gasteiger partial charge in [0.25, 0.3) is 0 Å². The maximum atomic E-state index is 3.50. The van der Waals surface area contributed by atoms with Gasteiger partial charge < -0.3 is 20.4 Å². The summed E-state index contributed by atoms with van der Waals surface area (Å²) in [5.41, 5.74) is 0. The fraction of sp³-hybridized carbons (Fsp3) is 1.00. The molecule has 0 fully saturated rings. The largest absolute Gasteiger partial charge is 0.317 e. The lowest BCUT2D eigenvalue weighted by Crippen LogP contribution is -2.24. The van der Waals surface area contributed by atoms with E-state index < -0.39 is 0 Å². The molecule has 0 aliphatic carbocycles. The van der Waals surface area contributed by atoms with E-state index in [1.54, 1.807) is 0 Å². The van der Waals surface area contributed by atoms with Crippen LogP contribution in [-0.2, 0) is 0 Å². The maximum absolute atomic E-state index is 3.50. The third-order valence-electron chi connectivity index (χ3n) is 2.87. The van der Waals surface area contributed by atoms with Crippen molar-refractivity contribution in [2.24, 2.45) is 0 Å². The van der Waals surface area contributed by atoms with Crippen molar-refractivity contribution in [3.63, 3.8) is 0 Å². The third kappa shape index (κ3) is 15.8.